The second-order valence-electron chi connectivity index (χ2n) is 7.33. The first-order chi connectivity index (χ1) is 13.7. The molecular weight excluding hydrogens is 352 g/mol. The highest BCUT2D eigenvalue weighted by Gasteiger charge is 2.31. The van der Waals surface area contributed by atoms with Crippen LogP contribution in [0.3, 0.4) is 0 Å². The minimum absolute atomic E-state index is 0.00744. The average Bonchev–Trinajstić information content (AvgIpc) is 3.24. The Labute approximate surface area is 166 Å². The Balaban J connectivity index is 1.41. The zero-order valence-electron chi connectivity index (χ0n) is 16.2. The van der Waals surface area contributed by atoms with E-state index in [0.29, 0.717) is 12.5 Å². The lowest BCUT2D eigenvalue weighted by molar-refractivity contribution is 0.184. The molecule has 0 radical (unpaired) electrons. The van der Waals surface area contributed by atoms with Gasteiger partial charge in [0.25, 0.3) is 0 Å². The van der Waals surface area contributed by atoms with Crippen LogP contribution >= 0.6 is 0 Å². The summed E-state index contributed by atoms with van der Waals surface area (Å²) in [6, 6.07) is 8.07. The maximum Gasteiger partial charge on any atom is 0.328 e. The number of allylic oxidation sites excluding steroid dienone is 4. The van der Waals surface area contributed by atoms with Crippen molar-refractivity contribution >= 4 is 6.03 Å². The molecule has 0 bridgehead atoms. The number of ether oxygens (including phenoxy) is 2. The standard InChI is InChI=1S/C23H26N2O3/c1-27-22-10-6-5-9-21(22)19-11-12-24(16-19)23(26)25-13-14-28-20(17-25)15-18-7-3-2-4-8-18/h2-3,5-7,9-10,13-14,17,19H,4,8,11-12,15-16H2,1H3. The molecule has 2 amide bonds. The molecule has 1 unspecified atom stereocenters. The van der Waals surface area contributed by atoms with Gasteiger partial charge in [-0.1, -0.05) is 42.0 Å². The largest absolute Gasteiger partial charge is 0.496 e. The number of para-hydroxylation sites is 1. The fraction of sp³-hybridized carbons (Fsp3) is 0.348. The van der Waals surface area contributed by atoms with Crippen LogP contribution in [0.2, 0.25) is 0 Å². The predicted molar refractivity (Wildman–Crippen MR) is 109 cm³/mol. The highest BCUT2D eigenvalue weighted by atomic mass is 16.5. The zero-order valence-corrected chi connectivity index (χ0v) is 16.2. The average molecular weight is 378 g/mol. The third-order valence-corrected chi connectivity index (χ3v) is 5.48. The minimum atomic E-state index is -0.00744. The molecule has 5 heteroatoms. The van der Waals surface area contributed by atoms with Crippen molar-refractivity contribution < 1.29 is 14.3 Å². The quantitative estimate of drug-likeness (QED) is 0.747. The lowest BCUT2D eigenvalue weighted by atomic mass is 9.97. The molecule has 28 heavy (non-hydrogen) atoms. The summed E-state index contributed by atoms with van der Waals surface area (Å²) < 4.78 is 11.1. The topological polar surface area (TPSA) is 42.0 Å². The Kier molecular flexibility index (Phi) is 5.51. The molecule has 1 aromatic carbocycles. The van der Waals surface area contributed by atoms with Gasteiger partial charge in [-0.05, 0) is 30.9 Å². The van der Waals surface area contributed by atoms with Crippen LogP contribution in [-0.4, -0.2) is 36.0 Å². The summed E-state index contributed by atoms with van der Waals surface area (Å²) in [5, 5.41) is 0. The van der Waals surface area contributed by atoms with Gasteiger partial charge in [-0.15, -0.1) is 0 Å². The van der Waals surface area contributed by atoms with Crippen molar-refractivity contribution in [2.45, 2.75) is 31.6 Å². The third kappa shape index (κ3) is 3.98. The highest BCUT2D eigenvalue weighted by Crippen LogP contribution is 2.34. The first-order valence-corrected chi connectivity index (χ1v) is 9.83. The molecule has 2 heterocycles. The maximum absolute atomic E-state index is 13.0. The van der Waals surface area contributed by atoms with Gasteiger partial charge in [-0.2, -0.15) is 0 Å². The molecule has 2 aliphatic heterocycles. The summed E-state index contributed by atoms with van der Waals surface area (Å²) in [5.74, 6) is 2.00. The Morgan fingerprint density at radius 2 is 2.21 bits per heavy atom. The normalized spacial score (nSPS) is 21.2. The first-order valence-electron chi connectivity index (χ1n) is 9.83. The predicted octanol–water partition coefficient (Wildman–Crippen LogP) is 4.92. The van der Waals surface area contributed by atoms with Crippen molar-refractivity contribution in [3.63, 3.8) is 0 Å². The summed E-state index contributed by atoms with van der Waals surface area (Å²) >= 11 is 0. The van der Waals surface area contributed by atoms with Crippen LogP contribution in [0.25, 0.3) is 0 Å². The van der Waals surface area contributed by atoms with E-state index in [9.17, 15) is 4.79 Å². The fourth-order valence-electron chi connectivity index (χ4n) is 4.00. The van der Waals surface area contributed by atoms with Crippen molar-refractivity contribution in [1.82, 2.24) is 9.80 Å². The van der Waals surface area contributed by atoms with Crippen molar-refractivity contribution in [2.75, 3.05) is 20.2 Å². The summed E-state index contributed by atoms with van der Waals surface area (Å²) in [4.78, 5) is 16.6. The molecule has 146 valence electrons. The molecule has 4 rings (SSSR count). The molecule has 0 N–H and O–H groups in total. The number of urea groups is 1. The monoisotopic (exact) mass is 378 g/mol. The second-order valence-corrected chi connectivity index (χ2v) is 7.33. The van der Waals surface area contributed by atoms with Crippen molar-refractivity contribution in [3.05, 3.63) is 78.1 Å². The number of likely N-dealkylation sites (tertiary alicyclic amines) is 1. The Morgan fingerprint density at radius 3 is 3.04 bits per heavy atom. The number of hydrogen-bond donors (Lipinski definition) is 0. The smallest absolute Gasteiger partial charge is 0.328 e. The second kappa shape index (κ2) is 8.38. The number of amides is 2. The van der Waals surface area contributed by atoms with Gasteiger partial charge in [0.15, 0.2) is 0 Å². The molecule has 1 saturated heterocycles. The lowest BCUT2D eigenvalue weighted by Crippen LogP contribution is -2.37. The van der Waals surface area contributed by atoms with Gasteiger partial charge in [-0.25, -0.2) is 4.79 Å². The van der Waals surface area contributed by atoms with Crippen LogP contribution in [0.4, 0.5) is 4.79 Å². The summed E-state index contributed by atoms with van der Waals surface area (Å²) in [6.07, 6.45) is 15.3. The van der Waals surface area contributed by atoms with Gasteiger partial charge in [0.2, 0.25) is 0 Å². The lowest BCUT2D eigenvalue weighted by Gasteiger charge is -2.26. The molecule has 0 saturated carbocycles. The van der Waals surface area contributed by atoms with E-state index in [2.05, 4.69) is 24.3 Å². The van der Waals surface area contributed by atoms with E-state index >= 15 is 0 Å². The Morgan fingerprint density at radius 1 is 1.32 bits per heavy atom. The molecule has 3 aliphatic rings. The maximum atomic E-state index is 13.0. The van der Waals surface area contributed by atoms with Gasteiger partial charge in [0, 0.05) is 31.6 Å². The van der Waals surface area contributed by atoms with Gasteiger partial charge < -0.3 is 14.4 Å². The molecular formula is C23H26N2O3. The SMILES string of the molecule is COc1ccccc1C1CCN(C(=O)N2C=COC(CC3=CC=CCC3)=C2)C1. The number of benzene rings is 1. The van der Waals surface area contributed by atoms with E-state index in [1.165, 1.54) is 11.1 Å². The first kappa shape index (κ1) is 18.4. The summed E-state index contributed by atoms with van der Waals surface area (Å²) in [7, 11) is 1.69. The number of carbonyl (C=O) groups excluding carboxylic acids is 1. The molecule has 0 aromatic heterocycles. The summed E-state index contributed by atoms with van der Waals surface area (Å²) in [5.41, 5.74) is 2.50. The third-order valence-electron chi connectivity index (χ3n) is 5.48. The van der Waals surface area contributed by atoms with Crippen molar-refractivity contribution in [3.8, 4) is 5.75 Å². The van der Waals surface area contributed by atoms with E-state index in [0.717, 1.165) is 43.7 Å². The molecule has 1 fully saturated rings. The van der Waals surface area contributed by atoms with Gasteiger partial charge in [0.05, 0.1) is 13.3 Å². The molecule has 1 aromatic rings. The molecule has 1 atom stereocenters. The number of rotatable bonds is 4. The van der Waals surface area contributed by atoms with Gasteiger partial charge in [0.1, 0.15) is 17.8 Å². The van der Waals surface area contributed by atoms with Crippen LogP contribution in [0.1, 0.15) is 37.2 Å². The van der Waals surface area contributed by atoms with Crippen molar-refractivity contribution in [1.29, 1.82) is 0 Å². The molecule has 5 nitrogen and oxygen atoms in total. The van der Waals surface area contributed by atoms with Gasteiger partial charge in [-0.3, -0.25) is 4.90 Å². The number of hydrogen-bond acceptors (Lipinski definition) is 3. The van der Waals surface area contributed by atoms with Crippen LogP contribution < -0.4 is 4.74 Å². The zero-order chi connectivity index (χ0) is 19.3. The van der Waals surface area contributed by atoms with E-state index in [1.54, 1.807) is 24.5 Å². The van der Waals surface area contributed by atoms with E-state index < -0.39 is 0 Å². The summed E-state index contributed by atoms with van der Waals surface area (Å²) in [6.45, 7) is 1.44. The molecule has 0 spiro atoms. The van der Waals surface area contributed by atoms with Crippen LogP contribution in [0.15, 0.2) is 72.5 Å². The van der Waals surface area contributed by atoms with Crippen LogP contribution in [0.5, 0.6) is 5.75 Å². The molecule has 1 aliphatic carbocycles. The minimum Gasteiger partial charge on any atom is -0.496 e. The van der Waals surface area contributed by atoms with Crippen LogP contribution in [-0.2, 0) is 4.74 Å². The number of carbonyl (C=O) groups is 1. The van der Waals surface area contributed by atoms with Crippen molar-refractivity contribution in [2.24, 2.45) is 0 Å². The van der Waals surface area contributed by atoms with Gasteiger partial charge >= 0.3 is 6.03 Å². The van der Waals surface area contributed by atoms with Crippen LogP contribution in [0, 0.1) is 0 Å². The Hall–Kier alpha value is -2.95. The Bertz CT molecular complexity index is 853. The number of nitrogens with zero attached hydrogens (tertiary/aromatic N) is 2. The highest BCUT2D eigenvalue weighted by molar-refractivity contribution is 5.77. The fourth-order valence-corrected chi connectivity index (χ4v) is 4.00. The van der Waals surface area contributed by atoms with E-state index in [1.807, 2.05) is 29.3 Å². The number of methoxy groups -OCH3 is 1. The van der Waals surface area contributed by atoms with E-state index in [4.69, 9.17) is 9.47 Å². The van der Waals surface area contributed by atoms with E-state index in [-0.39, 0.29) is 6.03 Å².